The summed E-state index contributed by atoms with van der Waals surface area (Å²) in [5.41, 5.74) is 6.77. The van der Waals surface area contributed by atoms with E-state index in [1.807, 2.05) is 26.1 Å². The number of benzene rings is 1. The van der Waals surface area contributed by atoms with Gasteiger partial charge in [0.15, 0.2) is 5.82 Å². The van der Waals surface area contributed by atoms with Crippen LogP contribution in [0.2, 0.25) is 5.02 Å². The molecule has 2 aromatic rings. The molecular formula is C12H15ClN4O. The van der Waals surface area contributed by atoms with Crippen LogP contribution in [0.15, 0.2) is 24.5 Å². The molecule has 2 N–H and O–H groups in total. The maximum Gasteiger partial charge on any atom is 0.164 e. The van der Waals surface area contributed by atoms with Crippen LogP contribution in [0.4, 0.5) is 0 Å². The maximum atomic E-state index is 5.95. The largest absolute Gasteiger partial charge is 0.485 e. The first-order valence-electron chi connectivity index (χ1n) is 5.58. The molecule has 1 aromatic heterocycles. The van der Waals surface area contributed by atoms with Gasteiger partial charge in [0.05, 0.1) is 0 Å². The molecule has 2 rings (SSSR count). The molecule has 18 heavy (non-hydrogen) atoms. The summed E-state index contributed by atoms with van der Waals surface area (Å²) in [5, 5.41) is 4.63. The second-order valence-corrected chi connectivity index (χ2v) is 4.50. The van der Waals surface area contributed by atoms with Crippen molar-refractivity contribution in [1.29, 1.82) is 0 Å². The number of aryl methyl sites for hydroxylation is 1. The van der Waals surface area contributed by atoms with Crippen LogP contribution in [0.25, 0.3) is 0 Å². The molecule has 0 radical (unpaired) electrons. The van der Waals surface area contributed by atoms with Gasteiger partial charge in [0.1, 0.15) is 18.7 Å². The second-order valence-electron chi connectivity index (χ2n) is 4.06. The third-order valence-corrected chi connectivity index (χ3v) is 2.86. The van der Waals surface area contributed by atoms with Crippen molar-refractivity contribution in [2.75, 3.05) is 0 Å². The van der Waals surface area contributed by atoms with Crippen LogP contribution in [0.5, 0.6) is 5.75 Å². The van der Waals surface area contributed by atoms with Gasteiger partial charge in [-0.3, -0.25) is 4.68 Å². The van der Waals surface area contributed by atoms with E-state index < -0.39 is 0 Å². The van der Waals surface area contributed by atoms with E-state index in [1.165, 1.54) is 6.33 Å². The van der Waals surface area contributed by atoms with E-state index in [0.717, 1.165) is 17.1 Å². The van der Waals surface area contributed by atoms with E-state index in [2.05, 4.69) is 10.1 Å². The first-order chi connectivity index (χ1) is 8.58. The minimum atomic E-state index is -0.141. The normalized spacial score (nSPS) is 12.4. The van der Waals surface area contributed by atoms with Crippen molar-refractivity contribution >= 4 is 11.6 Å². The van der Waals surface area contributed by atoms with E-state index in [4.69, 9.17) is 22.1 Å². The molecule has 0 saturated heterocycles. The van der Waals surface area contributed by atoms with Crippen molar-refractivity contribution in [1.82, 2.24) is 14.8 Å². The highest BCUT2D eigenvalue weighted by Gasteiger charge is 2.10. The Morgan fingerprint density at radius 1 is 1.50 bits per heavy atom. The molecule has 0 saturated carbocycles. The molecule has 0 spiro atoms. The third-order valence-electron chi connectivity index (χ3n) is 2.62. The summed E-state index contributed by atoms with van der Waals surface area (Å²) in [4.78, 5) is 4.09. The Morgan fingerprint density at radius 3 is 2.89 bits per heavy atom. The average Bonchev–Trinajstić information content (AvgIpc) is 2.73. The Balaban J connectivity index is 2.16. The summed E-state index contributed by atoms with van der Waals surface area (Å²) >= 11 is 5.95. The van der Waals surface area contributed by atoms with Gasteiger partial charge in [-0.2, -0.15) is 5.10 Å². The molecule has 0 aliphatic carbocycles. The molecule has 0 aliphatic heterocycles. The summed E-state index contributed by atoms with van der Waals surface area (Å²) in [6, 6.07) is 5.27. The van der Waals surface area contributed by atoms with Gasteiger partial charge in [-0.1, -0.05) is 11.6 Å². The summed E-state index contributed by atoms with van der Waals surface area (Å²) in [6.45, 7) is 2.23. The molecule has 0 bridgehead atoms. The predicted octanol–water partition coefficient (Wildman–Crippen LogP) is 2.07. The van der Waals surface area contributed by atoms with Gasteiger partial charge < -0.3 is 10.5 Å². The number of hydrogen-bond donors (Lipinski definition) is 1. The number of aromatic nitrogens is 3. The molecule has 6 heteroatoms. The van der Waals surface area contributed by atoms with E-state index in [-0.39, 0.29) is 6.04 Å². The average molecular weight is 267 g/mol. The Morgan fingerprint density at radius 2 is 2.28 bits per heavy atom. The maximum absolute atomic E-state index is 5.95. The summed E-state index contributed by atoms with van der Waals surface area (Å²) in [7, 11) is 1.82. The van der Waals surface area contributed by atoms with Crippen LogP contribution in [0.3, 0.4) is 0 Å². The topological polar surface area (TPSA) is 66.0 Å². The van der Waals surface area contributed by atoms with Crippen LogP contribution in [0, 0.1) is 0 Å². The highest BCUT2D eigenvalue weighted by molar-refractivity contribution is 6.30. The van der Waals surface area contributed by atoms with E-state index in [9.17, 15) is 0 Å². The number of nitrogens with two attached hydrogens (primary N) is 1. The monoisotopic (exact) mass is 266 g/mol. The Labute approximate surface area is 111 Å². The van der Waals surface area contributed by atoms with Crippen molar-refractivity contribution in [2.45, 2.75) is 19.6 Å². The second kappa shape index (κ2) is 5.37. The van der Waals surface area contributed by atoms with Crippen LogP contribution < -0.4 is 10.5 Å². The molecule has 0 fully saturated rings. The zero-order valence-corrected chi connectivity index (χ0v) is 11.1. The zero-order chi connectivity index (χ0) is 13.1. The van der Waals surface area contributed by atoms with Gasteiger partial charge in [0.25, 0.3) is 0 Å². The van der Waals surface area contributed by atoms with Crippen molar-refractivity contribution in [3.8, 4) is 5.75 Å². The quantitative estimate of drug-likeness (QED) is 0.920. The number of rotatable bonds is 4. The lowest BCUT2D eigenvalue weighted by atomic mass is 10.1. The number of halogens is 1. The summed E-state index contributed by atoms with van der Waals surface area (Å²) in [6.07, 6.45) is 1.49. The highest BCUT2D eigenvalue weighted by Crippen LogP contribution is 2.27. The minimum Gasteiger partial charge on any atom is -0.485 e. The van der Waals surface area contributed by atoms with Crippen molar-refractivity contribution in [2.24, 2.45) is 12.8 Å². The first-order valence-corrected chi connectivity index (χ1v) is 5.96. The minimum absolute atomic E-state index is 0.141. The van der Waals surface area contributed by atoms with Crippen LogP contribution in [-0.4, -0.2) is 14.8 Å². The molecule has 1 heterocycles. The van der Waals surface area contributed by atoms with Crippen LogP contribution in [0.1, 0.15) is 24.4 Å². The van der Waals surface area contributed by atoms with Crippen molar-refractivity contribution in [3.63, 3.8) is 0 Å². The van der Waals surface area contributed by atoms with Crippen LogP contribution >= 0.6 is 11.6 Å². The summed E-state index contributed by atoms with van der Waals surface area (Å²) in [5.74, 6) is 1.47. The molecule has 0 amide bonds. The fourth-order valence-electron chi connectivity index (χ4n) is 1.60. The smallest absolute Gasteiger partial charge is 0.164 e. The van der Waals surface area contributed by atoms with Gasteiger partial charge in [0.2, 0.25) is 0 Å². The van der Waals surface area contributed by atoms with E-state index >= 15 is 0 Å². The number of nitrogens with zero attached hydrogens (tertiary/aromatic N) is 3. The Kier molecular flexibility index (Phi) is 3.84. The van der Waals surface area contributed by atoms with Gasteiger partial charge in [-0.15, -0.1) is 0 Å². The lowest BCUT2D eigenvalue weighted by molar-refractivity contribution is 0.285. The summed E-state index contributed by atoms with van der Waals surface area (Å²) < 4.78 is 7.38. The number of hydrogen-bond acceptors (Lipinski definition) is 4. The standard InChI is InChI=1S/C12H15ClN4O/c1-8(14)10-5-9(13)3-4-11(10)18-6-12-15-7-16-17(12)2/h3-5,7-8H,6,14H2,1-2H3/t8-/m1/s1. The Bertz CT molecular complexity index is 539. The Hall–Kier alpha value is -1.59. The molecule has 1 atom stereocenters. The number of ether oxygens (including phenoxy) is 1. The van der Waals surface area contributed by atoms with Crippen molar-refractivity contribution in [3.05, 3.63) is 40.9 Å². The molecule has 0 aliphatic rings. The lowest BCUT2D eigenvalue weighted by Crippen LogP contribution is -2.10. The third kappa shape index (κ3) is 2.80. The van der Waals surface area contributed by atoms with Crippen molar-refractivity contribution < 1.29 is 4.74 Å². The van der Waals surface area contributed by atoms with Gasteiger partial charge in [-0.05, 0) is 25.1 Å². The fraction of sp³-hybridized carbons (Fsp3) is 0.333. The van der Waals surface area contributed by atoms with Gasteiger partial charge in [0, 0.05) is 23.7 Å². The molecule has 1 aromatic carbocycles. The lowest BCUT2D eigenvalue weighted by Gasteiger charge is -2.14. The molecule has 0 unspecified atom stereocenters. The highest BCUT2D eigenvalue weighted by atomic mass is 35.5. The molecule has 5 nitrogen and oxygen atoms in total. The van der Waals surface area contributed by atoms with E-state index in [0.29, 0.717) is 11.6 Å². The van der Waals surface area contributed by atoms with E-state index in [1.54, 1.807) is 10.7 Å². The molecular weight excluding hydrogens is 252 g/mol. The zero-order valence-electron chi connectivity index (χ0n) is 10.3. The van der Waals surface area contributed by atoms with Crippen LogP contribution in [-0.2, 0) is 13.7 Å². The van der Waals surface area contributed by atoms with Gasteiger partial charge >= 0.3 is 0 Å². The fourth-order valence-corrected chi connectivity index (χ4v) is 1.78. The van der Waals surface area contributed by atoms with Gasteiger partial charge in [-0.25, -0.2) is 4.98 Å². The predicted molar refractivity (Wildman–Crippen MR) is 69.4 cm³/mol. The molecule has 96 valence electrons. The SMILES string of the molecule is C[C@@H](N)c1cc(Cl)ccc1OCc1ncnn1C. The first kappa shape index (κ1) is 12.9.